The van der Waals surface area contributed by atoms with Crippen LogP contribution < -0.4 is 0 Å². The highest BCUT2D eigenvalue weighted by Gasteiger charge is 2.51. The zero-order chi connectivity index (χ0) is 22.3. The molecule has 4 nitrogen and oxygen atoms in total. The summed E-state index contributed by atoms with van der Waals surface area (Å²) in [6.07, 6.45) is 11.8. The lowest BCUT2D eigenvalue weighted by Gasteiger charge is -2.44. The molecule has 1 saturated heterocycles. The Labute approximate surface area is 186 Å². The summed E-state index contributed by atoms with van der Waals surface area (Å²) in [5.41, 5.74) is 4.15. The van der Waals surface area contributed by atoms with Gasteiger partial charge in [-0.05, 0) is 79.3 Å². The van der Waals surface area contributed by atoms with Gasteiger partial charge in [-0.15, -0.1) is 0 Å². The van der Waals surface area contributed by atoms with E-state index in [2.05, 4.69) is 39.2 Å². The van der Waals surface area contributed by atoms with Gasteiger partial charge in [0.2, 0.25) is 0 Å². The van der Waals surface area contributed by atoms with E-state index in [1.165, 1.54) is 31.3 Å². The molecule has 1 heterocycles. The van der Waals surface area contributed by atoms with E-state index in [0.717, 1.165) is 24.0 Å². The standard InChI is InChI=1S/C27H38O4/c1-16(12-22-13-17(2)26(30)31-22)23-9-10-24-19(6-5-11-27(23,24)4)7-8-20-14-21(28)15-25(29)18(20)3/h7-8,16,21-25,28-29H,2-3,5-6,9-15H2,1,4H3/t16-,21-,22-,23-,24+,25+,27-/m1/s1. The third kappa shape index (κ3) is 4.34. The molecule has 31 heavy (non-hydrogen) atoms. The molecule has 3 aliphatic carbocycles. The van der Waals surface area contributed by atoms with Gasteiger partial charge >= 0.3 is 5.97 Å². The van der Waals surface area contributed by atoms with Crippen LogP contribution in [0.15, 0.2) is 47.6 Å². The number of esters is 1. The SMILES string of the molecule is C=C1C[C@@H](C[C@@H](C)[C@H]2CC[C@H]3C(=CC=C4C[C@@H](O)C[C@H](O)C4=C)CCC[C@]23C)OC1=O. The monoisotopic (exact) mass is 426 g/mol. The predicted molar refractivity (Wildman–Crippen MR) is 122 cm³/mol. The van der Waals surface area contributed by atoms with Crippen molar-refractivity contribution in [2.24, 2.45) is 23.2 Å². The molecule has 0 bridgehead atoms. The van der Waals surface area contributed by atoms with Crippen LogP contribution in [0.5, 0.6) is 0 Å². The lowest BCUT2D eigenvalue weighted by molar-refractivity contribution is -0.139. The highest BCUT2D eigenvalue weighted by Crippen LogP contribution is 2.60. The van der Waals surface area contributed by atoms with Gasteiger partial charge < -0.3 is 14.9 Å². The van der Waals surface area contributed by atoms with Crippen LogP contribution in [0.1, 0.15) is 71.6 Å². The van der Waals surface area contributed by atoms with E-state index in [-0.39, 0.29) is 17.5 Å². The number of allylic oxidation sites excluding steroid dienone is 3. The summed E-state index contributed by atoms with van der Waals surface area (Å²) in [5.74, 6) is 1.51. The fraction of sp³-hybridized carbons (Fsp3) is 0.667. The lowest BCUT2D eigenvalue weighted by atomic mass is 9.60. The van der Waals surface area contributed by atoms with Gasteiger partial charge in [0.1, 0.15) is 6.10 Å². The number of carbonyl (C=O) groups excluding carboxylic acids is 1. The molecule has 0 spiro atoms. The molecule has 0 amide bonds. The normalized spacial score (nSPS) is 42.2. The molecule has 4 heteroatoms. The van der Waals surface area contributed by atoms with Crippen molar-refractivity contribution in [2.45, 2.75) is 89.9 Å². The number of rotatable bonds is 4. The Kier molecular flexibility index (Phi) is 6.33. The summed E-state index contributed by atoms with van der Waals surface area (Å²) in [6, 6.07) is 0. The first kappa shape index (κ1) is 22.5. The molecular formula is C27H38O4. The van der Waals surface area contributed by atoms with Gasteiger partial charge in [-0.1, -0.05) is 44.7 Å². The number of aliphatic hydroxyl groups excluding tert-OH is 2. The summed E-state index contributed by atoms with van der Waals surface area (Å²) in [6.45, 7) is 12.7. The second kappa shape index (κ2) is 8.71. The maximum Gasteiger partial charge on any atom is 0.333 e. The van der Waals surface area contributed by atoms with E-state index >= 15 is 0 Å². The van der Waals surface area contributed by atoms with Gasteiger partial charge in [0, 0.05) is 18.4 Å². The number of carbonyl (C=O) groups is 1. The Morgan fingerprint density at radius 1 is 1.23 bits per heavy atom. The van der Waals surface area contributed by atoms with Gasteiger partial charge in [0.15, 0.2) is 0 Å². The van der Waals surface area contributed by atoms with E-state index in [1.54, 1.807) is 0 Å². The van der Waals surface area contributed by atoms with Crippen LogP contribution in [0.2, 0.25) is 0 Å². The number of aliphatic hydroxyl groups is 2. The summed E-state index contributed by atoms with van der Waals surface area (Å²) in [7, 11) is 0. The molecule has 3 saturated carbocycles. The van der Waals surface area contributed by atoms with E-state index in [1.807, 2.05) is 0 Å². The number of cyclic esters (lactones) is 1. The van der Waals surface area contributed by atoms with Crippen molar-refractivity contribution in [3.63, 3.8) is 0 Å². The largest absolute Gasteiger partial charge is 0.459 e. The minimum absolute atomic E-state index is 0.00356. The molecule has 0 aromatic carbocycles. The minimum atomic E-state index is -0.637. The first-order valence-corrected chi connectivity index (χ1v) is 12.0. The third-order valence-electron chi connectivity index (χ3n) is 8.66. The number of hydrogen-bond acceptors (Lipinski definition) is 4. The van der Waals surface area contributed by atoms with Gasteiger partial charge in [-0.3, -0.25) is 0 Å². The average molecular weight is 427 g/mol. The Morgan fingerprint density at radius 2 is 2.00 bits per heavy atom. The van der Waals surface area contributed by atoms with Crippen molar-refractivity contribution < 1.29 is 19.7 Å². The Hall–Kier alpha value is -1.65. The fourth-order valence-corrected chi connectivity index (χ4v) is 7.02. The first-order valence-electron chi connectivity index (χ1n) is 12.0. The highest BCUT2D eigenvalue weighted by atomic mass is 16.5. The minimum Gasteiger partial charge on any atom is -0.459 e. The number of fused-ring (bicyclic) bond motifs is 1. The van der Waals surface area contributed by atoms with Crippen LogP contribution in [0, 0.1) is 23.2 Å². The highest BCUT2D eigenvalue weighted by molar-refractivity contribution is 5.89. The average Bonchev–Trinajstić information content (AvgIpc) is 3.22. The summed E-state index contributed by atoms with van der Waals surface area (Å²) in [5, 5.41) is 20.2. The smallest absolute Gasteiger partial charge is 0.333 e. The van der Waals surface area contributed by atoms with Crippen molar-refractivity contribution in [2.75, 3.05) is 0 Å². The molecule has 1 aliphatic heterocycles. The second-order valence-corrected chi connectivity index (χ2v) is 10.7. The molecule has 4 fully saturated rings. The molecule has 0 radical (unpaired) electrons. The van der Waals surface area contributed by atoms with Crippen LogP contribution in [0.3, 0.4) is 0 Å². The molecule has 4 rings (SSSR count). The van der Waals surface area contributed by atoms with E-state index in [4.69, 9.17) is 4.74 Å². The Bertz CT molecular complexity index is 805. The third-order valence-corrected chi connectivity index (χ3v) is 8.66. The summed E-state index contributed by atoms with van der Waals surface area (Å²) < 4.78 is 5.52. The molecule has 7 atom stereocenters. The lowest BCUT2D eigenvalue weighted by Crippen LogP contribution is -2.36. The van der Waals surface area contributed by atoms with Crippen molar-refractivity contribution in [1.82, 2.24) is 0 Å². The molecule has 0 aromatic rings. The van der Waals surface area contributed by atoms with Crippen molar-refractivity contribution in [1.29, 1.82) is 0 Å². The van der Waals surface area contributed by atoms with Crippen LogP contribution in [-0.2, 0) is 9.53 Å². The molecule has 0 unspecified atom stereocenters. The Morgan fingerprint density at radius 3 is 2.71 bits per heavy atom. The van der Waals surface area contributed by atoms with Gasteiger partial charge in [-0.2, -0.15) is 0 Å². The van der Waals surface area contributed by atoms with E-state index in [9.17, 15) is 15.0 Å². The van der Waals surface area contributed by atoms with Crippen molar-refractivity contribution >= 4 is 5.97 Å². The number of ether oxygens (including phenoxy) is 1. The molecule has 4 aliphatic rings. The molecular weight excluding hydrogens is 388 g/mol. The molecule has 0 aromatic heterocycles. The van der Waals surface area contributed by atoms with Crippen LogP contribution in [0.25, 0.3) is 0 Å². The number of hydrogen-bond donors (Lipinski definition) is 2. The maximum atomic E-state index is 11.7. The van der Waals surface area contributed by atoms with Crippen LogP contribution in [0.4, 0.5) is 0 Å². The molecule has 170 valence electrons. The Balaban J connectivity index is 1.48. The summed E-state index contributed by atoms with van der Waals surface area (Å²) in [4.78, 5) is 11.7. The van der Waals surface area contributed by atoms with Crippen LogP contribution in [-0.4, -0.2) is 34.5 Å². The molecule has 2 N–H and O–H groups in total. The van der Waals surface area contributed by atoms with Gasteiger partial charge in [-0.25, -0.2) is 4.79 Å². The fourth-order valence-electron chi connectivity index (χ4n) is 7.02. The summed E-state index contributed by atoms with van der Waals surface area (Å²) >= 11 is 0. The topological polar surface area (TPSA) is 66.8 Å². The predicted octanol–water partition coefficient (Wildman–Crippen LogP) is 5.03. The van der Waals surface area contributed by atoms with Crippen LogP contribution >= 0.6 is 0 Å². The van der Waals surface area contributed by atoms with E-state index < -0.39 is 12.2 Å². The van der Waals surface area contributed by atoms with Gasteiger partial charge in [0.05, 0.1) is 12.2 Å². The quantitative estimate of drug-likeness (QED) is 0.489. The maximum absolute atomic E-state index is 11.7. The van der Waals surface area contributed by atoms with Crippen molar-refractivity contribution in [3.8, 4) is 0 Å². The zero-order valence-electron chi connectivity index (χ0n) is 19.1. The van der Waals surface area contributed by atoms with E-state index in [0.29, 0.717) is 42.6 Å². The van der Waals surface area contributed by atoms with Crippen molar-refractivity contribution in [3.05, 3.63) is 47.6 Å². The second-order valence-electron chi connectivity index (χ2n) is 10.7. The van der Waals surface area contributed by atoms with Gasteiger partial charge in [0.25, 0.3) is 0 Å². The first-order chi connectivity index (χ1) is 14.7. The zero-order valence-corrected chi connectivity index (χ0v) is 19.1.